The van der Waals surface area contributed by atoms with E-state index in [0.29, 0.717) is 17.1 Å². The molecule has 0 atom stereocenters. The van der Waals surface area contributed by atoms with Gasteiger partial charge in [-0.2, -0.15) is 0 Å². The molecule has 1 N–H and O–H groups in total. The molecule has 0 spiro atoms. The Bertz CT molecular complexity index is 1060. The molecule has 0 radical (unpaired) electrons. The first-order valence-corrected chi connectivity index (χ1v) is 10.5. The Hall–Kier alpha value is -3.12. The average Bonchev–Trinajstić information content (AvgIpc) is 2.80. The van der Waals surface area contributed by atoms with Crippen LogP contribution in [-0.2, 0) is 6.54 Å². The van der Waals surface area contributed by atoms with Crippen molar-refractivity contribution in [3.8, 4) is 11.5 Å². The van der Waals surface area contributed by atoms with Crippen molar-refractivity contribution in [1.82, 2.24) is 10.2 Å². The van der Waals surface area contributed by atoms with E-state index in [1.807, 2.05) is 12.1 Å². The Labute approximate surface area is 181 Å². The van der Waals surface area contributed by atoms with Crippen molar-refractivity contribution >= 4 is 16.7 Å². The van der Waals surface area contributed by atoms with Crippen LogP contribution < -0.4 is 14.8 Å². The van der Waals surface area contributed by atoms with Gasteiger partial charge in [-0.05, 0) is 59.5 Å². The van der Waals surface area contributed by atoms with E-state index in [1.54, 1.807) is 38.5 Å². The molecule has 1 fully saturated rings. The van der Waals surface area contributed by atoms with Crippen LogP contribution in [0.4, 0.5) is 4.39 Å². The third kappa shape index (κ3) is 5.14. The second-order valence-electron chi connectivity index (χ2n) is 7.95. The summed E-state index contributed by atoms with van der Waals surface area (Å²) in [5.74, 6) is 0.865. The quantitative estimate of drug-likeness (QED) is 0.640. The number of ether oxygens (including phenoxy) is 2. The first-order valence-electron chi connectivity index (χ1n) is 10.5. The second-order valence-corrected chi connectivity index (χ2v) is 7.95. The largest absolute Gasteiger partial charge is 0.497 e. The SMILES string of the molecule is COc1cc(OC)cc(C(=O)NC2CCN(Cc3ccc4cc(F)ccc4c3)CC2)c1. The summed E-state index contributed by atoms with van der Waals surface area (Å²) in [7, 11) is 3.14. The van der Waals surface area contributed by atoms with Crippen molar-refractivity contribution < 1.29 is 18.7 Å². The maximum absolute atomic E-state index is 13.4. The number of nitrogens with one attached hydrogen (secondary N) is 1. The summed E-state index contributed by atoms with van der Waals surface area (Å²) >= 11 is 0. The van der Waals surface area contributed by atoms with E-state index in [0.717, 1.165) is 43.2 Å². The van der Waals surface area contributed by atoms with E-state index >= 15 is 0 Å². The summed E-state index contributed by atoms with van der Waals surface area (Å²) in [6, 6.07) is 16.4. The molecule has 0 aliphatic carbocycles. The first-order chi connectivity index (χ1) is 15.0. The van der Waals surface area contributed by atoms with Crippen LogP contribution in [0.5, 0.6) is 11.5 Å². The zero-order valence-electron chi connectivity index (χ0n) is 17.9. The third-order valence-corrected chi connectivity index (χ3v) is 5.81. The maximum Gasteiger partial charge on any atom is 0.251 e. The highest BCUT2D eigenvalue weighted by molar-refractivity contribution is 5.95. The zero-order chi connectivity index (χ0) is 21.8. The number of halogens is 1. The van der Waals surface area contributed by atoms with Crippen LogP contribution >= 0.6 is 0 Å². The molecule has 0 aromatic heterocycles. The van der Waals surface area contributed by atoms with Crippen molar-refractivity contribution in [2.45, 2.75) is 25.4 Å². The first kappa shape index (κ1) is 21.1. The lowest BCUT2D eigenvalue weighted by molar-refractivity contribution is 0.0908. The van der Waals surface area contributed by atoms with Crippen molar-refractivity contribution in [1.29, 1.82) is 0 Å². The van der Waals surface area contributed by atoms with E-state index in [9.17, 15) is 9.18 Å². The molecular weight excluding hydrogens is 395 g/mol. The lowest BCUT2D eigenvalue weighted by Crippen LogP contribution is -2.44. The number of fused-ring (bicyclic) bond motifs is 1. The van der Waals surface area contributed by atoms with Gasteiger partial charge in [0.1, 0.15) is 17.3 Å². The minimum atomic E-state index is -0.211. The Morgan fingerprint density at radius 2 is 1.61 bits per heavy atom. The molecule has 1 aliphatic heterocycles. The number of amides is 1. The molecule has 162 valence electrons. The van der Waals surface area contributed by atoms with E-state index in [-0.39, 0.29) is 17.8 Å². The highest BCUT2D eigenvalue weighted by Crippen LogP contribution is 2.23. The van der Waals surface area contributed by atoms with Gasteiger partial charge in [-0.15, -0.1) is 0 Å². The lowest BCUT2D eigenvalue weighted by atomic mass is 10.0. The summed E-state index contributed by atoms with van der Waals surface area (Å²) in [6.45, 7) is 2.67. The van der Waals surface area contributed by atoms with E-state index in [1.165, 1.54) is 11.6 Å². The predicted molar refractivity (Wildman–Crippen MR) is 119 cm³/mol. The Balaban J connectivity index is 1.32. The minimum absolute atomic E-state index is 0.114. The topological polar surface area (TPSA) is 50.8 Å². The predicted octanol–water partition coefficient (Wildman–Crippen LogP) is 4.39. The van der Waals surface area contributed by atoms with Crippen molar-refractivity contribution in [3.63, 3.8) is 0 Å². The molecule has 4 rings (SSSR count). The van der Waals surface area contributed by atoms with Gasteiger partial charge in [-0.1, -0.05) is 18.2 Å². The fourth-order valence-corrected chi connectivity index (χ4v) is 4.07. The van der Waals surface area contributed by atoms with Gasteiger partial charge >= 0.3 is 0 Å². The Morgan fingerprint density at radius 1 is 0.968 bits per heavy atom. The second kappa shape index (κ2) is 9.35. The maximum atomic E-state index is 13.4. The van der Waals surface area contributed by atoms with Gasteiger partial charge < -0.3 is 14.8 Å². The summed E-state index contributed by atoms with van der Waals surface area (Å²) in [6.07, 6.45) is 1.79. The monoisotopic (exact) mass is 422 g/mol. The zero-order valence-corrected chi connectivity index (χ0v) is 17.9. The molecule has 3 aromatic rings. The van der Waals surface area contributed by atoms with Crippen LogP contribution in [-0.4, -0.2) is 44.2 Å². The van der Waals surface area contributed by atoms with Gasteiger partial charge in [-0.25, -0.2) is 4.39 Å². The molecular formula is C25H27FN2O3. The van der Waals surface area contributed by atoms with E-state index in [2.05, 4.69) is 22.3 Å². The fraction of sp³-hybridized carbons (Fsp3) is 0.320. The van der Waals surface area contributed by atoms with Gasteiger partial charge in [0.2, 0.25) is 0 Å². The number of benzene rings is 3. The third-order valence-electron chi connectivity index (χ3n) is 5.81. The summed E-state index contributed by atoms with van der Waals surface area (Å²) in [4.78, 5) is 15.1. The van der Waals surface area contributed by atoms with Crippen LogP contribution in [0.1, 0.15) is 28.8 Å². The molecule has 1 saturated heterocycles. The average molecular weight is 423 g/mol. The number of nitrogens with zero attached hydrogens (tertiary/aromatic N) is 1. The number of hydrogen-bond donors (Lipinski definition) is 1. The van der Waals surface area contributed by atoms with Crippen molar-refractivity contribution in [2.75, 3.05) is 27.3 Å². The molecule has 0 saturated carbocycles. The Morgan fingerprint density at radius 3 is 2.29 bits per heavy atom. The summed E-state index contributed by atoms with van der Waals surface area (Å²) < 4.78 is 23.9. The summed E-state index contributed by atoms with van der Waals surface area (Å²) in [5.41, 5.74) is 1.75. The van der Waals surface area contributed by atoms with Gasteiger partial charge in [0.05, 0.1) is 14.2 Å². The van der Waals surface area contributed by atoms with Crippen molar-refractivity contribution in [2.24, 2.45) is 0 Å². The van der Waals surface area contributed by atoms with Crippen molar-refractivity contribution in [3.05, 3.63) is 71.5 Å². The van der Waals surface area contributed by atoms with Gasteiger partial charge in [0, 0.05) is 37.3 Å². The molecule has 0 bridgehead atoms. The molecule has 31 heavy (non-hydrogen) atoms. The number of hydrogen-bond acceptors (Lipinski definition) is 4. The normalized spacial score (nSPS) is 15.1. The lowest BCUT2D eigenvalue weighted by Gasteiger charge is -2.32. The number of rotatable bonds is 6. The summed E-state index contributed by atoms with van der Waals surface area (Å²) in [5, 5.41) is 5.11. The number of piperidine rings is 1. The molecule has 1 amide bonds. The van der Waals surface area contributed by atoms with Crippen LogP contribution in [0, 0.1) is 5.82 Å². The van der Waals surface area contributed by atoms with E-state index in [4.69, 9.17) is 9.47 Å². The molecule has 0 unspecified atom stereocenters. The van der Waals surface area contributed by atoms with Gasteiger partial charge in [0.15, 0.2) is 0 Å². The highest BCUT2D eigenvalue weighted by atomic mass is 19.1. The van der Waals surface area contributed by atoms with Crippen LogP contribution in [0.15, 0.2) is 54.6 Å². The fourth-order valence-electron chi connectivity index (χ4n) is 4.07. The van der Waals surface area contributed by atoms with Gasteiger partial charge in [0.25, 0.3) is 5.91 Å². The number of methoxy groups -OCH3 is 2. The van der Waals surface area contributed by atoms with E-state index < -0.39 is 0 Å². The molecule has 6 heteroatoms. The molecule has 3 aromatic carbocycles. The smallest absolute Gasteiger partial charge is 0.251 e. The van der Waals surface area contributed by atoms with Crippen LogP contribution in [0.25, 0.3) is 10.8 Å². The number of carbonyl (C=O) groups excluding carboxylic acids is 1. The van der Waals surface area contributed by atoms with Crippen LogP contribution in [0.2, 0.25) is 0 Å². The molecule has 1 heterocycles. The Kier molecular flexibility index (Phi) is 6.37. The van der Waals surface area contributed by atoms with Gasteiger partial charge in [-0.3, -0.25) is 9.69 Å². The van der Waals surface area contributed by atoms with Crippen LogP contribution in [0.3, 0.4) is 0 Å². The molecule has 1 aliphatic rings. The molecule has 5 nitrogen and oxygen atoms in total. The number of likely N-dealkylation sites (tertiary alicyclic amines) is 1. The number of carbonyl (C=O) groups is 1. The standard InChI is InChI=1S/C25H27FN2O3/c1-30-23-13-20(14-24(15-23)31-2)25(29)27-22-7-9-28(10-8-22)16-17-3-4-19-12-21(26)6-5-18(19)11-17/h3-6,11-15,22H,7-10,16H2,1-2H3,(H,27,29). The minimum Gasteiger partial charge on any atom is -0.497 e. The highest BCUT2D eigenvalue weighted by Gasteiger charge is 2.22.